The molecule has 1 heteroatoms. The van der Waals surface area contributed by atoms with Crippen molar-refractivity contribution >= 4 is 14.7 Å². The van der Waals surface area contributed by atoms with Gasteiger partial charge in [0.25, 0.3) is 0 Å². The Morgan fingerprint density at radius 3 is 1.67 bits per heavy atom. The van der Waals surface area contributed by atoms with Crippen LogP contribution in [0, 0.1) is 0 Å². The van der Waals surface area contributed by atoms with Crippen LogP contribution in [0.1, 0.15) is 96.5 Å². The summed E-state index contributed by atoms with van der Waals surface area (Å²) in [6, 6.07) is 11.2. The zero-order chi connectivity index (χ0) is 17.3. The van der Waals surface area contributed by atoms with Crippen molar-refractivity contribution in [2.24, 2.45) is 0 Å². The maximum absolute atomic E-state index is 2.34. The third-order valence-corrected chi connectivity index (χ3v) is 10.6. The molecule has 0 radical (unpaired) electrons. The molecule has 1 aromatic rings. The van der Waals surface area contributed by atoms with Crippen LogP contribution < -0.4 is 0 Å². The van der Waals surface area contributed by atoms with Crippen LogP contribution in [0.5, 0.6) is 0 Å². The van der Waals surface area contributed by atoms with Crippen LogP contribution in [0.4, 0.5) is 0 Å². The molecule has 0 aromatic heterocycles. The van der Waals surface area contributed by atoms with Gasteiger partial charge in [-0.3, -0.25) is 0 Å². The normalized spacial score (nSPS) is 12.4. The summed E-state index contributed by atoms with van der Waals surface area (Å²) in [6.07, 6.45) is 17.5. The minimum absolute atomic E-state index is 0.629. The molecule has 0 N–H and O–H groups in total. The van der Waals surface area contributed by atoms with Gasteiger partial charge in [0.2, 0.25) is 0 Å². The van der Waals surface area contributed by atoms with Crippen molar-refractivity contribution in [2.75, 3.05) is 0 Å². The SMILES string of the molecule is CCCCCCCCCCCC[As](CCCC)Cc1ccccc1. The van der Waals surface area contributed by atoms with E-state index in [2.05, 4.69) is 44.2 Å². The Morgan fingerprint density at radius 1 is 0.583 bits per heavy atom. The maximum atomic E-state index is 2.34. The van der Waals surface area contributed by atoms with Crippen LogP contribution in [0.25, 0.3) is 0 Å². The monoisotopic (exact) mass is 392 g/mol. The summed E-state index contributed by atoms with van der Waals surface area (Å²) in [4.78, 5) is 0. The Labute approximate surface area is 157 Å². The van der Waals surface area contributed by atoms with Gasteiger partial charge in [0.1, 0.15) is 0 Å². The summed E-state index contributed by atoms with van der Waals surface area (Å²) >= 11 is -0.629. The molecule has 1 unspecified atom stereocenters. The molecule has 0 bridgehead atoms. The standard InChI is InChI=1S/C23H41As/c1-3-5-7-8-9-10-11-12-13-17-21-24(20-6-4-2)22-23-18-15-14-16-19-23/h14-16,18-19H,3-13,17,20-22H2,1-2H3. The van der Waals surface area contributed by atoms with Gasteiger partial charge in [-0.05, 0) is 0 Å². The van der Waals surface area contributed by atoms with Gasteiger partial charge >= 0.3 is 157 Å². The second-order valence-corrected chi connectivity index (χ2v) is 12.7. The number of hydrogen-bond donors (Lipinski definition) is 0. The van der Waals surface area contributed by atoms with Gasteiger partial charge in [0.05, 0.1) is 0 Å². The van der Waals surface area contributed by atoms with Gasteiger partial charge in [-0.15, -0.1) is 0 Å². The Kier molecular flexibility index (Phi) is 14.8. The average Bonchev–Trinajstić information content (AvgIpc) is 2.62. The van der Waals surface area contributed by atoms with Gasteiger partial charge in [0, 0.05) is 0 Å². The summed E-state index contributed by atoms with van der Waals surface area (Å²) in [5, 5.41) is 4.58. The molecule has 0 nitrogen and oxygen atoms in total. The summed E-state index contributed by atoms with van der Waals surface area (Å²) in [6.45, 7) is 4.64. The first-order valence-corrected chi connectivity index (χ1v) is 14.6. The summed E-state index contributed by atoms with van der Waals surface area (Å²) in [5.74, 6) is 0. The van der Waals surface area contributed by atoms with Gasteiger partial charge < -0.3 is 0 Å². The predicted molar refractivity (Wildman–Crippen MR) is 112 cm³/mol. The van der Waals surface area contributed by atoms with Gasteiger partial charge in [-0.25, -0.2) is 0 Å². The summed E-state index contributed by atoms with van der Waals surface area (Å²) < 4.78 is 0. The molecule has 0 aliphatic rings. The van der Waals surface area contributed by atoms with E-state index in [1.807, 2.05) is 0 Å². The van der Waals surface area contributed by atoms with E-state index in [0.717, 1.165) is 0 Å². The van der Waals surface area contributed by atoms with Crippen molar-refractivity contribution in [1.82, 2.24) is 0 Å². The molecule has 1 atom stereocenters. The fraction of sp³-hybridized carbons (Fsp3) is 0.739. The number of unbranched alkanes of at least 4 members (excludes halogenated alkanes) is 10. The zero-order valence-electron chi connectivity index (χ0n) is 16.4. The van der Waals surface area contributed by atoms with Gasteiger partial charge in [-0.2, -0.15) is 0 Å². The van der Waals surface area contributed by atoms with Gasteiger partial charge in [-0.1, -0.05) is 0 Å². The molecule has 24 heavy (non-hydrogen) atoms. The quantitative estimate of drug-likeness (QED) is 0.198. The van der Waals surface area contributed by atoms with Crippen LogP contribution in [0.3, 0.4) is 0 Å². The summed E-state index contributed by atoms with van der Waals surface area (Å²) in [7, 11) is 0. The Bertz CT molecular complexity index is 360. The fourth-order valence-corrected chi connectivity index (χ4v) is 8.98. The van der Waals surface area contributed by atoms with Crippen LogP contribution >= 0.6 is 0 Å². The van der Waals surface area contributed by atoms with Crippen LogP contribution in [0.15, 0.2) is 30.3 Å². The molecule has 0 saturated heterocycles. The van der Waals surface area contributed by atoms with Crippen LogP contribution in [-0.4, -0.2) is 14.7 Å². The molecule has 0 aliphatic carbocycles. The van der Waals surface area contributed by atoms with Crippen molar-refractivity contribution in [3.63, 3.8) is 0 Å². The van der Waals surface area contributed by atoms with E-state index in [1.165, 1.54) is 82.3 Å². The first kappa shape index (κ1) is 21.8. The molecule has 1 aromatic carbocycles. The average molecular weight is 393 g/mol. The molecule has 0 spiro atoms. The molecule has 1 rings (SSSR count). The third kappa shape index (κ3) is 12.2. The molecule has 0 fully saturated rings. The third-order valence-electron chi connectivity index (χ3n) is 4.90. The van der Waals surface area contributed by atoms with Crippen molar-refractivity contribution in [2.45, 2.75) is 107 Å². The van der Waals surface area contributed by atoms with Crippen molar-refractivity contribution in [3.05, 3.63) is 35.9 Å². The van der Waals surface area contributed by atoms with Crippen molar-refractivity contribution in [1.29, 1.82) is 0 Å². The first-order chi connectivity index (χ1) is 11.9. The Hall–Kier alpha value is -0.222. The second kappa shape index (κ2) is 16.3. The van der Waals surface area contributed by atoms with E-state index in [1.54, 1.807) is 16.0 Å². The first-order valence-electron chi connectivity index (χ1n) is 10.6. The second-order valence-electron chi connectivity index (χ2n) is 7.30. The minimum atomic E-state index is -0.629. The molecule has 0 amide bonds. The Morgan fingerprint density at radius 2 is 1.08 bits per heavy atom. The molecular formula is C23H41As. The zero-order valence-corrected chi connectivity index (χ0v) is 18.3. The van der Waals surface area contributed by atoms with Gasteiger partial charge in [0.15, 0.2) is 0 Å². The van der Waals surface area contributed by atoms with E-state index < -0.39 is 14.7 Å². The molecule has 0 aliphatic heterocycles. The number of benzene rings is 1. The predicted octanol–water partition coefficient (Wildman–Crippen LogP) is 7.98. The van der Waals surface area contributed by atoms with E-state index in [4.69, 9.17) is 0 Å². The fourth-order valence-electron chi connectivity index (χ4n) is 3.32. The molecular weight excluding hydrogens is 351 g/mol. The van der Waals surface area contributed by atoms with E-state index in [-0.39, 0.29) is 0 Å². The molecule has 0 saturated carbocycles. The van der Waals surface area contributed by atoms with E-state index >= 15 is 0 Å². The van der Waals surface area contributed by atoms with Crippen molar-refractivity contribution in [3.8, 4) is 0 Å². The Balaban J connectivity index is 2.07. The number of rotatable bonds is 16. The molecule has 138 valence electrons. The molecule has 0 heterocycles. The van der Waals surface area contributed by atoms with E-state index in [9.17, 15) is 0 Å². The van der Waals surface area contributed by atoms with E-state index in [0.29, 0.717) is 0 Å². The summed E-state index contributed by atoms with van der Waals surface area (Å²) in [5.41, 5.74) is 1.60. The van der Waals surface area contributed by atoms with Crippen LogP contribution in [-0.2, 0) is 5.21 Å². The topological polar surface area (TPSA) is 0 Å². The van der Waals surface area contributed by atoms with Crippen LogP contribution in [0.2, 0.25) is 10.4 Å². The van der Waals surface area contributed by atoms with Crippen molar-refractivity contribution < 1.29 is 0 Å². The number of hydrogen-bond acceptors (Lipinski definition) is 0.